The molecule has 12 heteroatoms. The third-order valence-electron chi connectivity index (χ3n) is 3.47. The molecule has 1 aromatic rings. The predicted octanol–water partition coefficient (Wildman–Crippen LogP) is -0.325. The van der Waals surface area contributed by atoms with Gasteiger partial charge in [-0.1, -0.05) is 5.16 Å². The quantitative estimate of drug-likeness (QED) is 0.262. The van der Waals surface area contributed by atoms with Crippen LogP contribution in [0.5, 0.6) is 0 Å². The number of esters is 1. The summed E-state index contributed by atoms with van der Waals surface area (Å²) in [4.78, 5) is 49.9. The first-order valence-electron chi connectivity index (χ1n) is 8.03. The Hall–Kier alpha value is -2.73. The zero-order chi connectivity index (χ0) is 20.1. The number of nitrogens with zero attached hydrogens (tertiary/aromatic N) is 3. The van der Waals surface area contributed by atoms with Crippen LogP contribution in [0.3, 0.4) is 0 Å². The van der Waals surface area contributed by atoms with Crippen LogP contribution in [0.2, 0.25) is 0 Å². The summed E-state index contributed by atoms with van der Waals surface area (Å²) in [7, 11) is 1.28. The van der Waals surface area contributed by atoms with Gasteiger partial charge < -0.3 is 20.6 Å². The molecule has 148 valence electrons. The lowest BCUT2D eigenvalue weighted by atomic mass is 10.00. The topological polar surface area (TPSA) is 145 Å². The minimum Gasteiger partial charge on any atom is -0.461 e. The maximum Gasteiger partial charge on any atom is 0.335 e. The summed E-state index contributed by atoms with van der Waals surface area (Å²) >= 11 is 1.14. The average molecular weight is 399 g/mol. The smallest absolute Gasteiger partial charge is 0.335 e. The highest BCUT2D eigenvalue weighted by molar-refractivity contribution is 7.13. The van der Waals surface area contributed by atoms with E-state index in [2.05, 4.69) is 20.3 Å². The van der Waals surface area contributed by atoms with Crippen molar-refractivity contribution in [1.82, 2.24) is 15.4 Å². The molecule has 1 aliphatic heterocycles. The van der Waals surface area contributed by atoms with E-state index in [-0.39, 0.29) is 22.6 Å². The van der Waals surface area contributed by atoms with Crippen molar-refractivity contribution < 1.29 is 28.8 Å². The number of hydrogen-bond acceptors (Lipinski definition) is 10. The molecular formula is C15H21N5O6S. The highest BCUT2D eigenvalue weighted by atomic mass is 32.1. The van der Waals surface area contributed by atoms with Crippen molar-refractivity contribution >= 4 is 40.0 Å². The van der Waals surface area contributed by atoms with Crippen molar-refractivity contribution in [3.63, 3.8) is 0 Å². The van der Waals surface area contributed by atoms with Gasteiger partial charge in [0.2, 0.25) is 0 Å². The van der Waals surface area contributed by atoms with Crippen molar-refractivity contribution in [3.05, 3.63) is 11.1 Å². The molecule has 0 bridgehead atoms. The Morgan fingerprint density at radius 2 is 2.19 bits per heavy atom. The van der Waals surface area contributed by atoms with Crippen molar-refractivity contribution in [2.75, 3.05) is 19.5 Å². The molecule has 0 aromatic carbocycles. The third kappa shape index (κ3) is 4.92. The van der Waals surface area contributed by atoms with Gasteiger partial charge in [-0.15, -0.1) is 11.3 Å². The number of ether oxygens (including phenoxy) is 1. The molecule has 0 saturated carbocycles. The molecule has 0 radical (unpaired) electrons. The second-order valence-electron chi connectivity index (χ2n) is 5.86. The van der Waals surface area contributed by atoms with E-state index in [1.54, 1.807) is 26.2 Å². The fraction of sp³-hybridized carbons (Fsp3) is 0.533. The number of anilines is 1. The molecule has 0 unspecified atom stereocenters. The third-order valence-corrected chi connectivity index (χ3v) is 4.15. The Balaban J connectivity index is 1.94. The van der Waals surface area contributed by atoms with Crippen LogP contribution >= 0.6 is 11.3 Å². The first-order valence-corrected chi connectivity index (χ1v) is 8.91. The van der Waals surface area contributed by atoms with Crippen LogP contribution < -0.4 is 11.1 Å². The largest absolute Gasteiger partial charge is 0.461 e. The first-order chi connectivity index (χ1) is 12.7. The normalized spacial score (nSPS) is 19.7. The number of amides is 2. The maximum atomic E-state index is 12.4. The van der Waals surface area contributed by atoms with E-state index in [0.717, 1.165) is 16.4 Å². The Morgan fingerprint density at radius 1 is 1.48 bits per heavy atom. The lowest BCUT2D eigenvalue weighted by molar-refractivity contribution is -0.235. The highest BCUT2D eigenvalue weighted by Crippen LogP contribution is 2.21. The molecule has 1 fully saturated rings. The number of nitrogen functional groups attached to an aromatic ring is 1. The lowest BCUT2D eigenvalue weighted by Gasteiger charge is -2.43. The van der Waals surface area contributed by atoms with Crippen LogP contribution in [-0.4, -0.2) is 65.4 Å². The summed E-state index contributed by atoms with van der Waals surface area (Å²) in [6.45, 7) is 4.67. The number of aromatic nitrogens is 1. The molecule has 1 aromatic heterocycles. The number of rotatable bonds is 8. The minimum atomic E-state index is -0.836. The van der Waals surface area contributed by atoms with Crippen molar-refractivity contribution in [3.8, 4) is 0 Å². The van der Waals surface area contributed by atoms with Gasteiger partial charge in [0.1, 0.15) is 18.8 Å². The van der Waals surface area contributed by atoms with E-state index >= 15 is 0 Å². The van der Waals surface area contributed by atoms with Gasteiger partial charge in [0.15, 0.2) is 17.5 Å². The number of nitrogens with one attached hydrogen (secondary N) is 1. The van der Waals surface area contributed by atoms with Gasteiger partial charge in [0, 0.05) is 5.38 Å². The van der Waals surface area contributed by atoms with E-state index in [0.29, 0.717) is 0 Å². The molecule has 2 heterocycles. The van der Waals surface area contributed by atoms with Crippen LogP contribution in [0.15, 0.2) is 10.5 Å². The van der Waals surface area contributed by atoms with Crippen molar-refractivity contribution in [1.29, 1.82) is 0 Å². The van der Waals surface area contributed by atoms with Gasteiger partial charge in [-0.25, -0.2) is 14.8 Å². The fourth-order valence-electron chi connectivity index (χ4n) is 2.28. The number of oxime groups is 1. The number of thiazole rings is 1. The maximum absolute atomic E-state index is 12.4. The number of hydrogen-bond donors (Lipinski definition) is 2. The van der Waals surface area contributed by atoms with Crippen molar-refractivity contribution in [2.24, 2.45) is 5.16 Å². The van der Waals surface area contributed by atoms with E-state index in [9.17, 15) is 14.4 Å². The summed E-state index contributed by atoms with van der Waals surface area (Å²) in [6.07, 6.45) is -0.282. The minimum absolute atomic E-state index is 0.106. The highest BCUT2D eigenvalue weighted by Gasteiger charge is 2.47. The summed E-state index contributed by atoms with van der Waals surface area (Å²) in [5.41, 5.74) is 5.70. The second kappa shape index (κ2) is 8.77. The molecule has 2 rings (SSSR count). The van der Waals surface area contributed by atoms with E-state index < -0.39 is 36.5 Å². The second-order valence-corrected chi connectivity index (χ2v) is 6.75. The molecule has 2 amide bonds. The molecule has 1 aliphatic rings. The molecule has 11 nitrogen and oxygen atoms in total. The van der Waals surface area contributed by atoms with Crippen LogP contribution in [0.1, 0.15) is 26.5 Å². The number of carbonyl (C=O) groups is 3. The van der Waals surface area contributed by atoms with Crippen LogP contribution in [0, 0.1) is 0 Å². The number of β-lactam (4-membered cyclic amide) rings is 1. The Bertz CT molecular complexity index is 749. The molecule has 27 heavy (non-hydrogen) atoms. The van der Waals surface area contributed by atoms with E-state index in [1.807, 2.05) is 0 Å². The lowest BCUT2D eigenvalue weighted by Crippen LogP contribution is -2.70. The zero-order valence-electron chi connectivity index (χ0n) is 15.3. The van der Waals surface area contributed by atoms with Gasteiger partial charge in [-0.2, -0.15) is 0 Å². The Kier molecular flexibility index (Phi) is 6.69. The van der Waals surface area contributed by atoms with Gasteiger partial charge in [-0.05, 0) is 20.8 Å². The molecule has 0 spiro atoms. The number of carbonyl (C=O) groups excluding carboxylic acids is 3. The standard InChI is InChI=1S/C15H21N5O6S/c1-7(2)26-10(21)5-25-20-8(3)11(14(20)23)18-13(22)12(19-24-4)9-6-27-15(16)17-9/h6-8,11H,5H2,1-4H3,(H2,16,17)(H,18,22)/t8-,11-/m0/s1. The van der Waals surface area contributed by atoms with E-state index in [4.69, 9.17) is 15.3 Å². The fourth-order valence-corrected chi connectivity index (χ4v) is 2.83. The molecule has 2 atom stereocenters. The van der Waals surface area contributed by atoms with E-state index in [1.165, 1.54) is 7.11 Å². The molecular weight excluding hydrogens is 378 g/mol. The predicted molar refractivity (Wildman–Crippen MR) is 95.5 cm³/mol. The monoisotopic (exact) mass is 399 g/mol. The van der Waals surface area contributed by atoms with Crippen LogP contribution in [-0.2, 0) is 28.8 Å². The van der Waals surface area contributed by atoms with Crippen LogP contribution in [0.4, 0.5) is 5.13 Å². The van der Waals surface area contributed by atoms with Gasteiger partial charge >= 0.3 is 5.97 Å². The number of hydroxylamine groups is 2. The van der Waals surface area contributed by atoms with Gasteiger partial charge in [0.25, 0.3) is 11.8 Å². The van der Waals surface area contributed by atoms with Gasteiger partial charge in [0.05, 0.1) is 12.1 Å². The van der Waals surface area contributed by atoms with Gasteiger partial charge in [-0.3, -0.25) is 14.4 Å². The Labute approximate surface area is 159 Å². The molecule has 0 aliphatic carbocycles. The summed E-state index contributed by atoms with van der Waals surface area (Å²) in [5.74, 6) is -1.73. The SMILES string of the molecule is CON=C(C(=O)N[C@@H]1C(=O)N(OCC(=O)OC(C)C)[C@H]1C)c1csc(N)n1. The van der Waals surface area contributed by atoms with Crippen LogP contribution in [0.25, 0.3) is 0 Å². The Morgan fingerprint density at radius 3 is 2.70 bits per heavy atom. The molecule has 3 N–H and O–H groups in total. The molecule has 1 saturated heterocycles. The zero-order valence-corrected chi connectivity index (χ0v) is 16.1. The average Bonchev–Trinajstić information content (AvgIpc) is 3.02. The first kappa shape index (κ1) is 20.6. The number of nitrogens with two attached hydrogens (primary N) is 1. The summed E-state index contributed by atoms with van der Waals surface area (Å²) < 4.78 is 4.92. The summed E-state index contributed by atoms with van der Waals surface area (Å²) in [5, 5.41) is 9.03. The van der Waals surface area contributed by atoms with Crippen molar-refractivity contribution in [2.45, 2.75) is 39.0 Å². The summed E-state index contributed by atoms with van der Waals surface area (Å²) in [6, 6.07) is -1.32.